The van der Waals surface area contributed by atoms with Gasteiger partial charge in [0.05, 0.1) is 18.6 Å². The van der Waals surface area contributed by atoms with E-state index in [0.29, 0.717) is 17.9 Å². The minimum absolute atomic E-state index is 0.0712. The first kappa shape index (κ1) is 17.0. The van der Waals surface area contributed by atoms with Crippen LogP contribution >= 0.6 is 0 Å². The number of carbonyl (C=O) groups excluding carboxylic acids is 1. The van der Waals surface area contributed by atoms with Crippen molar-refractivity contribution in [3.05, 3.63) is 23.3 Å². The molecule has 8 heteroatoms. The molecule has 1 atom stereocenters. The first-order valence-electron chi connectivity index (χ1n) is 7.94. The third-order valence-electron chi connectivity index (χ3n) is 4.37. The molecule has 7 nitrogen and oxygen atoms in total. The third kappa shape index (κ3) is 3.34. The second kappa shape index (κ2) is 6.25. The van der Waals surface area contributed by atoms with Crippen LogP contribution in [0.25, 0.3) is 0 Å². The van der Waals surface area contributed by atoms with Crippen molar-refractivity contribution < 1.29 is 22.7 Å². The van der Waals surface area contributed by atoms with Crippen molar-refractivity contribution in [2.75, 3.05) is 20.2 Å². The number of hydrogen-bond donors (Lipinski definition) is 1. The Bertz CT molecular complexity index is 758. The number of nitrogens with zero attached hydrogens (tertiary/aromatic N) is 1. The summed E-state index contributed by atoms with van der Waals surface area (Å²) >= 11 is 0. The van der Waals surface area contributed by atoms with Crippen molar-refractivity contribution in [2.45, 2.75) is 43.7 Å². The Balaban J connectivity index is 1.68. The quantitative estimate of drug-likeness (QED) is 0.838. The zero-order chi connectivity index (χ0) is 17.5. The van der Waals surface area contributed by atoms with E-state index in [4.69, 9.17) is 9.47 Å². The smallest absolute Gasteiger partial charge is 0.410 e. The lowest BCUT2D eigenvalue weighted by atomic mass is 10.1. The largest absolute Gasteiger partial charge is 0.496 e. The van der Waals surface area contributed by atoms with Crippen LogP contribution in [0.15, 0.2) is 17.0 Å². The Kier molecular flexibility index (Phi) is 4.44. The van der Waals surface area contributed by atoms with Crippen molar-refractivity contribution in [3.8, 4) is 5.75 Å². The Morgan fingerprint density at radius 2 is 2.00 bits per heavy atom. The number of rotatable bonds is 6. The van der Waals surface area contributed by atoms with Gasteiger partial charge in [-0.25, -0.2) is 17.9 Å². The fourth-order valence-corrected chi connectivity index (χ4v) is 4.26. The molecule has 1 aromatic rings. The zero-order valence-electron chi connectivity index (χ0n) is 14.0. The lowest BCUT2D eigenvalue weighted by Crippen LogP contribution is -2.35. The minimum atomic E-state index is -3.68. The summed E-state index contributed by atoms with van der Waals surface area (Å²) in [6, 6.07) is 3.56. The molecule has 2 fully saturated rings. The Morgan fingerprint density at radius 3 is 2.62 bits per heavy atom. The highest BCUT2D eigenvalue weighted by Gasteiger charge is 2.41. The normalized spacial score (nSPS) is 21.0. The van der Waals surface area contributed by atoms with E-state index >= 15 is 0 Å². The highest BCUT2D eigenvalue weighted by molar-refractivity contribution is 7.89. The van der Waals surface area contributed by atoms with Gasteiger partial charge in [-0.1, -0.05) is 0 Å². The highest BCUT2D eigenvalue weighted by atomic mass is 32.2. The van der Waals surface area contributed by atoms with Crippen LogP contribution in [0.5, 0.6) is 5.75 Å². The Hall–Kier alpha value is -1.80. The molecule has 0 bridgehead atoms. The molecule has 1 saturated heterocycles. The van der Waals surface area contributed by atoms with Gasteiger partial charge in [0.1, 0.15) is 11.9 Å². The van der Waals surface area contributed by atoms with Gasteiger partial charge in [0, 0.05) is 12.6 Å². The van der Waals surface area contributed by atoms with E-state index in [1.54, 1.807) is 38.0 Å². The molecule has 24 heavy (non-hydrogen) atoms. The molecule has 3 rings (SSSR count). The van der Waals surface area contributed by atoms with E-state index in [9.17, 15) is 13.2 Å². The van der Waals surface area contributed by atoms with Gasteiger partial charge in [0.2, 0.25) is 10.0 Å². The lowest BCUT2D eigenvalue weighted by molar-refractivity contribution is 0.133. The molecular weight excluding hydrogens is 332 g/mol. The van der Waals surface area contributed by atoms with Crippen LogP contribution < -0.4 is 9.46 Å². The molecule has 0 radical (unpaired) electrons. The fourth-order valence-electron chi connectivity index (χ4n) is 2.89. The van der Waals surface area contributed by atoms with Gasteiger partial charge in [0.15, 0.2) is 0 Å². The Labute approximate surface area is 142 Å². The molecule has 1 unspecified atom stereocenters. The Morgan fingerprint density at radius 1 is 1.29 bits per heavy atom. The topological polar surface area (TPSA) is 84.9 Å². The summed E-state index contributed by atoms with van der Waals surface area (Å²) in [5, 5.41) is 0. The number of cyclic esters (lactones) is 1. The van der Waals surface area contributed by atoms with Gasteiger partial charge in [0.25, 0.3) is 0 Å². The predicted molar refractivity (Wildman–Crippen MR) is 87.7 cm³/mol. The molecule has 1 heterocycles. The van der Waals surface area contributed by atoms with Crippen molar-refractivity contribution in [1.82, 2.24) is 9.62 Å². The van der Waals surface area contributed by atoms with Gasteiger partial charge < -0.3 is 14.4 Å². The molecule has 1 amide bonds. The van der Waals surface area contributed by atoms with Gasteiger partial charge >= 0.3 is 6.09 Å². The monoisotopic (exact) mass is 354 g/mol. The van der Waals surface area contributed by atoms with Crippen LogP contribution in [0.3, 0.4) is 0 Å². The lowest BCUT2D eigenvalue weighted by Gasteiger charge is -2.14. The predicted octanol–water partition coefficient (Wildman–Crippen LogP) is 1.57. The van der Waals surface area contributed by atoms with Crippen molar-refractivity contribution >= 4 is 16.1 Å². The van der Waals surface area contributed by atoms with Crippen molar-refractivity contribution in [3.63, 3.8) is 0 Å². The molecule has 1 aromatic carbocycles. The number of benzene rings is 1. The first-order chi connectivity index (χ1) is 11.3. The number of amides is 1. The summed E-state index contributed by atoms with van der Waals surface area (Å²) in [5.74, 6) is 0.649. The maximum Gasteiger partial charge on any atom is 0.410 e. The van der Waals surface area contributed by atoms with Crippen molar-refractivity contribution in [1.29, 1.82) is 0 Å². The van der Waals surface area contributed by atoms with Gasteiger partial charge in [-0.3, -0.25) is 0 Å². The van der Waals surface area contributed by atoms with E-state index in [2.05, 4.69) is 4.72 Å². The zero-order valence-corrected chi connectivity index (χ0v) is 14.9. The van der Waals surface area contributed by atoms with E-state index in [1.807, 2.05) is 0 Å². The van der Waals surface area contributed by atoms with Crippen LogP contribution in [0, 0.1) is 13.8 Å². The van der Waals surface area contributed by atoms with Gasteiger partial charge in [-0.15, -0.1) is 0 Å². The second-order valence-electron chi connectivity index (χ2n) is 6.33. The van der Waals surface area contributed by atoms with Crippen LogP contribution in [0.2, 0.25) is 0 Å². The van der Waals surface area contributed by atoms with E-state index in [0.717, 1.165) is 18.4 Å². The summed E-state index contributed by atoms with van der Waals surface area (Å²) in [6.07, 6.45) is 1.20. The summed E-state index contributed by atoms with van der Waals surface area (Å²) in [6.45, 7) is 4.03. The average molecular weight is 354 g/mol. The maximum atomic E-state index is 12.6. The molecule has 0 spiro atoms. The molecule has 1 N–H and O–H groups in total. The number of hydrogen-bond acceptors (Lipinski definition) is 5. The van der Waals surface area contributed by atoms with E-state index in [1.165, 1.54) is 0 Å². The van der Waals surface area contributed by atoms with Gasteiger partial charge in [-0.2, -0.15) is 0 Å². The van der Waals surface area contributed by atoms with Gasteiger partial charge in [-0.05, 0) is 49.9 Å². The van der Waals surface area contributed by atoms with Crippen molar-refractivity contribution in [2.24, 2.45) is 0 Å². The number of aryl methyl sites for hydroxylation is 2. The summed E-state index contributed by atoms with van der Waals surface area (Å²) < 4.78 is 38.1. The molecular formula is C16H22N2O5S. The number of nitrogens with one attached hydrogen (secondary N) is 1. The third-order valence-corrected chi connectivity index (χ3v) is 5.94. The number of sulfonamides is 1. The first-order valence-corrected chi connectivity index (χ1v) is 9.42. The summed E-state index contributed by atoms with van der Waals surface area (Å²) in [7, 11) is -2.13. The van der Waals surface area contributed by atoms with E-state index < -0.39 is 16.1 Å². The summed E-state index contributed by atoms with van der Waals surface area (Å²) in [5.41, 5.74) is 1.35. The van der Waals surface area contributed by atoms with Crippen LogP contribution in [0.1, 0.15) is 24.0 Å². The molecule has 1 aliphatic carbocycles. The maximum absolute atomic E-state index is 12.6. The molecule has 132 valence electrons. The molecule has 1 saturated carbocycles. The second-order valence-corrected chi connectivity index (χ2v) is 8.06. The fraction of sp³-hybridized carbons (Fsp3) is 0.562. The summed E-state index contributed by atoms with van der Waals surface area (Å²) in [4.78, 5) is 13.6. The number of carbonyl (C=O) groups is 1. The molecule has 2 aliphatic rings. The van der Waals surface area contributed by atoms with Crippen LogP contribution in [-0.2, 0) is 14.8 Å². The van der Waals surface area contributed by atoms with E-state index in [-0.39, 0.29) is 23.6 Å². The SMILES string of the molecule is COc1cc(C)c(S(=O)(=O)NCC2CN(C3CC3)C(=O)O2)cc1C. The molecule has 0 aromatic heterocycles. The van der Waals surface area contributed by atoms with Crippen LogP contribution in [-0.4, -0.2) is 51.8 Å². The minimum Gasteiger partial charge on any atom is -0.496 e. The standard InChI is InChI=1S/C16H22N2O5S/c1-10-7-15(11(2)6-14(10)22-3)24(20,21)17-8-13-9-18(12-4-5-12)16(19)23-13/h6-7,12-13,17H,4-5,8-9H2,1-3H3. The average Bonchev–Trinajstić information content (AvgIpc) is 3.30. The molecule has 1 aliphatic heterocycles. The number of methoxy groups -OCH3 is 1. The number of ether oxygens (including phenoxy) is 2. The highest BCUT2D eigenvalue weighted by Crippen LogP contribution is 2.30. The van der Waals surface area contributed by atoms with Crippen LogP contribution in [0.4, 0.5) is 4.79 Å².